The summed E-state index contributed by atoms with van der Waals surface area (Å²) in [5.41, 5.74) is 2.72. The lowest BCUT2D eigenvalue weighted by atomic mass is 9.75. The summed E-state index contributed by atoms with van der Waals surface area (Å²) in [6, 6.07) is 7.56. The molecule has 6 rings (SSSR count). The fourth-order valence-corrected chi connectivity index (χ4v) is 6.41. The number of carbonyl (C=O) groups is 2. The summed E-state index contributed by atoms with van der Waals surface area (Å²) in [6.07, 6.45) is 10.4. The smallest absolute Gasteiger partial charge is 0.241 e. The predicted octanol–water partition coefficient (Wildman–Crippen LogP) is 6.69. The number of fused-ring (bicyclic) bond motifs is 3. The summed E-state index contributed by atoms with van der Waals surface area (Å²) in [7, 11) is 1.64. The van der Waals surface area contributed by atoms with Gasteiger partial charge in [0.25, 0.3) is 0 Å². The average molecular weight is 760 g/mol. The van der Waals surface area contributed by atoms with Crippen LogP contribution in [-0.4, -0.2) is 111 Å². The number of methoxy groups -OCH3 is 1. The van der Waals surface area contributed by atoms with Crippen molar-refractivity contribution in [3.63, 3.8) is 0 Å². The van der Waals surface area contributed by atoms with E-state index in [4.69, 9.17) is 40.3 Å². The van der Waals surface area contributed by atoms with Crippen molar-refractivity contribution in [1.29, 1.82) is 0 Å². The van der Waals surface area contributed by atoms with Gasteiger partial charge in [0, 0.05) is 44.6 Å². The highest BCUT2D eigenvalue weighted by atomic mass is 35.5. The fourth-order valence-electron chi connectivity index (χ4n) is 6.24. The van der Waals surface area contributed by atoms with Crippen LogP contribution >= 0.6 is 11.6 Å². The van der Waals surface area contributed by atoms with Crippen LogP contribution < -0.4 is 4.90 Å². The first-order valence-corrected chi connectivity index (χ1v) is 19.8. The van der Waals surface area contributed by atoms with Gasteiger partial charge < -0.3 is 38.1 Å². The summed E-state index contributed by atoms with van der Waals surface area (Å²) in [6.45, 7) is 16.9. The van der Waals surface area contributed by atoms with Gasteiger partial charge in [0.2, 0.25) is 12.3 Å². The van der Waals surface area contributed by atoms with Crippen molar-refractivity contribution in [1.82, 2.24) is 19.4 Å². The number of nitrogens with zero attached hydrogens (tertiary/aromatic N) is 5. The van der Waals surface area contributed by atoms with E-state index in [2.05, 4.69) is 16.5 Å². The van der Waals surface area contributed by atoms with Gasteiger partial charge in [-0.2, -0.15) is 0 Å². The van der Waals surface area contributed by atoms with E-state index in [0.29, 0.717) is 90.7 Å². The molecule has 13 heteroatoms. The number of unbranched alkanes of at least 4 members (excludes halogenated alkanes) is 1. The first-order chi connectivity index (χ1) is 26.0. The molecule has 4 heterocycles. The van der Waals surface area contributed by atoms with E-state index in [0.717, 1.165) is 53.3 Å². The fraction of sp³-hybridized carbons (Fsp3) is 0.650. The Labute approximate surface area is 321 Å². The van der Waals surface area contributed by atoms with E-state index in [1.54, 1.807) is 29.3 Å². The van der Waals surface area contributed by atoms with E-state index in [9.17, 15) is 9.59 Å². The molecule has 1 spiro atoms. The first kappa shape index (κ1) is 44.3. The number of amides is 2. The Morgan fingerprint density at radius 2 is 1.51 bits per heavy atom. The topological polar surface area (TPSA) is 117 Å². The van der Waals surface area contributed by atoms with Gasteiger partial charge in [-0.25, -0.2) is 4.98 Å². The van der Waals surface area contributed by atoms with Crippen LogP contribution in [0, 0.1) is 5.92 Å². The van der Waals surface area contributed by atoms with Crippen LogP contribution in [0.4, 0.5) is 5.69 Å². The van der Waals surface area contributed by atoms with Crippen molar-refractivity contribution in [3.8, 4) is 0 Å². The zero-order valence-electron chi connectivity index (χ0n) is 32.8. The Bertz CT molecular complexity index is 1500. The molecule has 2 fully saturated rings. The molecular weight excluding hydrogens is 698 g/mol. The van der Waals surface area contributed by atoms with Gasteiger partial charge in [0.05, 0.1) is 82.3 Å². The monoisotopic (exact) mass is 759 g/mol. The Hall–Kier alpha value is -3.13. The third-order valence-electron chi connectivity index (χ3n) is 9.19. The molecule has 0 atom stereocenters. The summed E-state index contributed by atoms with van der Waals surface area (Å²) in [5, 5.41) is 0.608. The van der Waals surface area contributed by atoms with Gasteiger partial charge in [0.15, 0.2) is 0 Å². The van der Waals surface area contributed by atoms with Crippen LogP contribution in [0.1, 0.15) is 78.1 Å². The number of aryl methyl sites for hydroxylation is 1. The molecule has 1 aliphatic carbocycles. The number of rotatable bonds is 21. The Balaban J connectivity index is 0.000000753. The summed E-state index contributed by atoms with van der Waals surface area (Å²) in [5.74, 6) is 1.88. The number of aromatic nitrogens is 3. The van der Waals surface area contributed by atoms with Crippen molar-refractivity contribution < 1.29 is 33.3 Å². The minimum Gasteiger partial charge on any atom is -0.382 e. The number of ether oxygens (including phenoxy) is 5. The maximum atomic E-state index is 13.8. The summed E-state index contributed by atoms with van der Waals surface area (Å²) >= 11 is 6.28. The molecule has 53 heavy (non-hydrogen) atoms. The van der Waals surface area contributed by atoms with Crippen molar-refractivity contribution in [2.24, 2.45) is 5.92 Å². The highest BCUT2D eigenvalue weighted by Gasteiger charge is 2.58. The van der Waals surface area contributed by atoms with Gasteiger partial charge in [-0.1, -0.05) is 65.5 Å². The summed E-state index contributed by atoms with van der Waals surface area (Å²) < 4.78 is 29.2. The minimum absolute atomic E-state index is 0.0237. The Morgan fingerprint density at radius 1 is 0.887 bits per heavy atom. The van der Waals surface area contributed by atoms with Crippen molar-refractivity contribution >= 4 is 40.6 Å². The van der Waals surface area contributed by atoms with E-state index >= 15 is 0 Å². The molecule has 3 aromatic rings. The number of likely N-dealkylation sites (tertiary alicyclic amines) is 1. The molecule has 296 valence electrons. The molecule has 3 aliphatic rings. The predicted molar refractivity (Wildman–Crippen MR) is 210 cm³/mol. The molecule has 1 aromatic carbocycles. The number of hydrogen-bond acceptors (Lipinski definition) is 9. The molecule has 0 bridgehead atoms. The highest BCUT2D eigenvalue weighted by molar-refractivity contribution is 6.31. The van der Waals surface area contributed by atoms with Gasteiger partial charge in [0.1, 0.15) is 11.2 Å². The number of pyridine rings is 1. The van der Waals surface area contributed by atoms with Crippen LogP contribution in [0.5, 0.6) is 0 Å². The minimum atomic E-state index is -0.716. The van der Waals surface area contributed by atoms with Crippen LogP contribution in [0.25, 0.3) is 11.0 Å². The first-order valence-electron chi connectivity index (χ1n) is 19.4. The number of imidazole rings is 1. The lowest BCUT2D eigenvalue weighted by Crippen LogP contribution is -2.63. The van der Waals surface area contributed by atoms with Gasteiger partial charge >= 0.3 is 0 Å². The Morgan fingerprint density at radius 3 is 2.08 bits per heavy atom. The highest BCUT2D eigenvalue weighted by Crippen LogP contribution is 2.47. The second-order valence-electron chi connectivity index (χ2n) is 12.7. The maximum Gasteiger partial charge on any atom is 0.241 e. The lowest BCUT2D eigenvalue weighted by molar-refractivity contribution is -0.135. The molecule has 2 amide bonds. The van der Waals surface area contributed by atoms with Crippen molar-refractivity contribution in [3.05, 3.63) is 53.1 Å². The molecule has 0 N–H and O–H groups in total. The van der Waals surface area contributed by atoms with Crippen LogP contribution in [0.3, 0.4) is 0 Å². The molecule has 12 nitrogen and oxygen atoms in total. The normalized spacial score (nSPS) is 15.2. The van der Waals surface area contributed by atoms with Crippen LogP contribution in [0.15, 0.2) is 36.7 Å². The number of anilines is 1. The summed E-state index contributed by atoms with van der Waals surface area (Å²) in [4.78, 5) is 37.7. The third-order valence-corrected chi connectivity index (χ3v) is 9.42. The van der Waals surface area contributed by atoms with E-state index in [1.165, 1.54) is 19.3 Å². The van der Waals surface area contributed by atoms with Gasteiger partial charge in [-0.05, 0) is 48.6 Å². The quantitative estimate of drug-likeness (QED) is 0.0865. The van der Waals surface area contributed by atoms with E-state index < -0.39 is 5.41 Å². The SMILES string of the molecule is CC.CC.CCC1CC1.COCCOCCOCCOCCOCCCCn1c(CN2C(=O)C3(CN(C=O)C3)c3ccncc32)nc2cc(Cl)ccc21. The molecule has 0 radical (unpaired) electrons. The number of carbonyl (C=O) groups excluding carboxylic acids is 2. The van der Waals surface area contributed by atoms with Crippen molar-refractivity contribution in [2.75, 3.05) is 84.6 Å². The number of benzene rings is 1. The molecule has 2 aromatic heterocycles. The van der Waals surface area contributed by atoms with Gasteiger partial charge in [-0.15, -0.1) is 0 Å². The number of halogens is 1. The second kappa shape index (κ2) is 24.3. The molecule has 0 unspecified atom stereocenters. The largest absolute Gasteiger partial charge is 0.382 e. The molecular formula is C40H62ClN5O7. The maximum absolute atomic E-state index is 13.8. The average Bonchev–Trinajstić information content (AvgIpc) is 3.92. The lowest BCUT2D eigenvalue weighted by Gasteiger charge is -2.44. The van der Waals surface area contributed by atoms with Crippen molar-refractivity contribution in [2.45, 2.75) is 85.2 Å². The second-order valence-corrected chi connectivity index (χ2v) is 13.1. The number of hydrogen-bond donors (Lipinski definition) is 0. The van der Waals surface area contributed by atoms with Gasteiger partial charge in [-0.3, -0.25) is 14.6 Å². The van der Waals surface area contributed by atoms with E-state index in [-0.39, 0.29) is 5.91 Å². The zero-order valence-corrected chi connectivity index (χ0v) is 33.6. The molecule has 1 saturated carbocycles. The third kappa shape index (κ3) is 12.7. The molecule has 1 saturated heterocycles. The Kier molecular flexibility index (Phi) is 20.3. The molecule has 2 aliphatic heterocycles. The zero-order chi connectivity index (χ0) is 38.5. The van der Waals surface area contributed by atoms with E-state index in [1.807, 2.05) is 52.0 Å². The van der Waals surface area contributed by atoms with Crippen LogP contribution in [-0.2, 0) is 51.8 Å². The van der Waals surface area contributed by atoms with Crippen LogP contribution in [0.2, 0.25) is 5.02 Å². The standard InChI is InChI=1S/C31H40ClN5O7.C5H10.2C2H6/c1-40-10-11-42-14-15-44-17-16-43-13-12-41-9-3-2-8-36-27-5-4-24(32)18-26(27)34-29(36)20-37-28-19-33-7-6-25(28)31(30(37)39)21-35(22-31)23-38;1-2-5-3-4-5;2*1-2/h4-7,18-19,23H,2-3,8-17,20-22H2,1H3;5H,2-4H2,1H3;2*1-2H3.